The molecule has 0 saturated carbocycles. The molecule has 8 nitrogen and oxygen atoms in total. The Bertz CT molecular complexity index is 831. The fraction of sp³-hybridized carbons (Fsp3) is 0.333. The maximum absolute atomic E-state index is 12.2. The van der Waals surface area contributed by atoms with Crippen LogP contribution in [0.25, 0.3) is 6.08 Å². The molecule has 4 heterocycles. The van der Waals surface area contributed by atoms with Gasteiger partial charge in [-0.05, 0) is 12.5 Å². The van der Waals surface area contributed by atoms with Gasteiger partial charge in [-0.25, -0.2) is 9.78 Å². The van der Waals surface area contributed by atoms with E-state index in [-0.39, 0.29) is 61.1 Å². The van der Waals surface area contributed by atoms with Crippen molar-refractivity contribution in [2.24, 2.45) is 0 Å². The van der Waals surface area contributed by atoms with Gasteiger partial charge >= 0.3 is 35.5 Å². The van der Waals surface area contributed by atoms with Crippen molar-refractivity contribution in [3.8, 4) is 0 Å². The number of hydrogen-bond acceptors (Lipinski definition) is 4. The third-order valence-electron chi connectivity index (χ3n) is 4.44. The predicted molar refractivity (Wildman–Crippen MR) is 78.8 cm³/mol. The topological polar surface area (TPSA) is 95.7 Å². The summed E-state index contributed by atoms with van der Waals surface area (Å²) in [4.78, 5) is 42.3. The molecule has 1 fully saturated rings. The van der Waals surface area contributed by atoms with E-state index in [1.165, 1.54) is 4.90 Å². The van der Waals surface area contributed by atoms with Crippen molar-refractivity contribution >= 4 is 23.9 Å². The van der Waals surface area contributed by atoms with Crippen LogP contribution in [-0.2, 0) is 27.5 Å². The number of likely N-dealkylation sites (N-methyl/N-ethyl adjacent to an activating group) is 1. The molecule has 0 bridgehead atoms. The third-order valence-corrected chi connectivity index (χ3v) is 4.44. The number of aromatic nitrogens is 2. The number of carboxylic acid groups (broad SMARTS) is 1. The average molecular weight is 338 g/mol. The monoisotopic (exact) mass is 338 g/mol. The second-order valence-electron chi connectivity index (χ2n) is 5.88. The second-order valence-corrected chi connectivity index (χ2v) is 5.88. The number of fused-ring (bicyclic) bond motifs is 2. The predicted octanol–water partition coefficient (Wildman–Crippen LogP) is -3.06. The summed E-state index contributed by atoms with van der Waals surface area (Å²) in [7, 11) is 1.73. The Morgan fingerprint density at radius 1 is 1.42 bits per heavy atom. The number of imidazole rings is 1. The van der Waals surface area contributed by atoms with Crippen LogP contribution in [0.1, 0.15) is 19.4 Å². The Morgan fingerprint density at radius 3 is 2.88 bits per heavy atom. The van der Waals surface area contributed by atoms with Crippen LogP contribution in [0.4, 0.5) is 0 Å². The van der Waals surface area contributed by atoms with E-state index in [0.717, 1.165) is 5.82 Å². The zero-order valence-electron chi connectivity index (χ0n) is 14.4. The van der Waals surface area contributed by atoms with Crippen LogP contribution in [-0.4, -0.2) is 55.3 Å². The number of aliphatic carboxylic acids is 1. The van der Waals surface area contributed by atoms with Gasteiger partial charge < -0.3 is 16.0 Å². The molecule has 0 radical (unpaired) electrons. The molecule has 9 heteroatoms. The number of β-lactam (4-membered cyclic amide) rings is 1. The summed E-state index contributed by atoms with van der Waals surface area (Å²) in [6.07, 6.45) is 5.52. The van der Waals surface area contributed by atoms with E-state index in [9.17, 15) is 14.4 Å². The van der Waals surface area contributed by atoms with Crippen molar-refractivity contribution < 1.29 is 50.5 Å². The van der Waals surface area contributed by atoms with Crippen LogP contribution in [0.3, 0.4) is 0 Å². The Hall–Kier alpha value is -1.90. The molecule has 0 aliphatic carbocycles. The molecular formula is C15H15N4NaO4. The molecule has 0 aromatic carbocycles. The van der Waals surface area contributed by atoms with E-state index >= 15 is 0 Å². The molecule has 1 aromatic rings. The molecule has 3 aliphatic rings. The van der Waals surface area contributed by atoms with Gasteiger partial charge in [-0.3, -0.25) is 14.5 Å². The first-order valence-electron chi connectivity index (χ1n) is 7.24. The van der Waals surface area contributed by atoms with Crippen LogP contribution < -0.4 is 29.6 Å². The van der Waals surface area contributed by atoms with Crippen LogP contribution in [0.2, 0.25) is 0 Å². The van der Waals surface area contributed by atoms with Gasteiger partial charge in [-0.2, -0.15) is 0 Å². The first-order chi connectivity index (χ1) is 11.0. The van der Waals surface area contributed by atoms with E-state index in [1.54, 1.807) is 34.9 Å². The smallest absolute Gasteiger partial charge is 1.00 e. The Kier molecular flexibility index (Phi) is 4.15. The Morgan fingerprint density at radius 2 is 2.17 bits per heavy atom. The summed E-state index contributed by atoms with van der Waals surface area (Å²) in [5.41, 5.74) is 1.23. The average Bonchev–Trinajstić information content (AvgIpc) is 3.06. The molecule has 120 valence electrons. The number of carboxylic acids is 1. The fourth-order valence-corrected chi connectivity index (χ4v) is 3.21. The van der Waals surface area contributed by atoms with E-state index in [4.69, 9.17) is 5.11 Å². The number of amides is 2. The summed E-state index contributed by atoms with van der Waals surface area (Å²) in [6, 6.07) is -0.211. The summed E-state index contributed by atoms with van der Waals surface area (Å²) in [5.74, 6) is -0.580. The minimum atomic E-state index is -1.08. The van der Waals surface area contributed by atoms with Gasteiger partial charge in [0.15, 0.2) is 0 Å². The van der Waals surface area contributed by atoms with Gasteiger partial charge in [0.2, 0.25) is 5.91 Å². The SMILES string of the molecule is CN1Cc2nc(C=C3C(=O)N4C(C(=O)O)=CCC34)cn2CC1=O.[H-].[Na+]. The molecule has 1 N–H and O–H groups in total. The zero-order valence-corrected chi connectivity index (χ0v) is 15.4. The quantitative estimate of drug-likeness (QED) is 0.351. The van der Waals surface area contributed by atoms with Gasteiger partial charge in [-0.1, -0.05) is 6.08 Å². The van der Waals surface area contributed by atoms with Crippen molar-refractivity contribution in [1.29, 1.82) is 0 Å². The zero-order chi connectivity index (χ0) is 16.3. The number of carbonyl (C=O) groups is 3. The van der Waals surface area contributed by atoms with Crippen molar-refractivity contribution in [1.82, 2.24) is 19.4 Å². The van der Waals surface area contributed by atoms with Crippen molar-refractivity contribution in [2.45, 2.75) is 25.6 Å². The number of rotatable bonds is 2. The van der Waals surface area contributed by atoms with Crippen molar-refractivity contribution in [3.63, 3.8) is 0 Å². The van der Waals surface area contributed by atoms with Gasteiger partial charge in [0.25, 0.3) is 5.91 Å². The minimum absolute atomic E-state index is 0. The van der Waals surface area contributed by atoms with Gasteiger partial charge in [-0.15, -0.1) is 0 Å². The number of hydrogen-bond donors (Lipinski definition) is 1. The van der Waals surface area contributed by atoms with Crippen LogP contribution >= 0.6 is 0 Å². The van der Waals surface area contributed by atoms with Gasteiger partial charge in [0, 0.05) is 18.8 Å². The molecule has 2 amide bonds. The summed E-state index contributed by atoms with van der Waals surface area (Å²) in [6.45, 7) is 0.687. The Balaban J connectivity index is 0.00000113. The molecule has 1 unspecified atom stereocenters. The molecule has 4 rings (SSSR count). The van der Waals surface area contributed by atoms with Crippen molar-refractivity contribution in [2.75, 3.05) is 7.05 Å². The number of nitrogens with zero attached hydrogens (tertiary/aromatic N) is 4. The first kappa shape index (κ1) is 16.9. The summed E-state index contributed by atoms with van der Waals surface area (Å²) >= 11 is 0. The van der Waals surface area contributed by atoms with E-state index in [2.05, 4.69) is 4.98 Å². The van der Waals surface area contributed by atoms with E-state index in [1.807, 2.05) is 0 Å². The molecule has 3 aliphatic heterocycles. The van der Waals surface area contributed by atoms with E-state index in [0.29, 0.717) is 24.2 Å². The third kappa shape index (κ3) is 2.42. The molecule has 24 heavy (non-hydrogen) atoms. The molecule has 1 atom stereocenters. The maximum Gasteiger partial charge on any atom is 1.00 e. The fourth-order valence-electron chi connectivity index (χ4n) is 3.21. The standard InChI is InChI=1S/C15H14N4O4.Na.H/c1-17-6-12-16-8(5-18(12)7-13(17)20)4-9-10-2-3-11(15(22)23)19(10)14(9)21;;/h3-5,10H,2,6-7H2,1H3,(H,22,23);;/q;+1;-1. The maximum atomic E-state index is 12.2. The second kappa shape index (κ2) is 5.87. The summed E-state index contributed by atoms with van der Waals surface area (Å²) in [5, 5.41) is 9.06. The van der Waals surface area contributed by atoms with Gasteiger partial charge in [0.05, 0.1) is 18.3 Å². The van der Waals surface area contributed by atoms with Crippen LogP contribution in [0.15, 0.2) is 23.5 Å². The molecule has 1 aromatic heterocycles. The molecule has 0 spiro atoms. The normalized spacial score (nSPS) is 23.5. The van der Waals surface area contributed by atoms with Crippen LogP contribution in [0.5, 0.6) is 0 Å². The van der Waals surface area contributed by atoms with Crippen molar-refractivity contribution in [3.05, 3.63) is 35.1 Å². The van der Waals surface area contributed by atoms with Crippen LogP contribution in [0, 0.1) is 0 Å². The van der Waals surface area contributed by atoms with Gasteiger partial charge in [0.1, 0.15) is 18.1 Å². The molecule has 1 saturated heterocycles. The van der Waals surface area contributed by atoms with E-state index < -0.39 is 5.97 Å². The Labute approximate surface area is 161 Å². The summed E-state index contributed by atoms with van der Waals surface area (Å²) < 4.78 is 1.78. The minimum Gasteiger partial charge on any atom is -1.00 e. The molecular weight excluding hydrogens is 323 g/mol. The number of carbonyl (C=O) groups excluding carboxylic acids is 2. The first-order valence-corrected chi connectivity index (χ1v) is 7.24. The largest absolute Gasteiger partial charge is 1.00 e.